The molecule has 33 heavy (non-hydrogen) atoms. The van der Waals surface area contributed by atoms with Gasteiger partial charge in [0.15, 0.2) is 0 Å². The van der Waals surface area contributed by atoms with E-state index < -0.39 is 17.9 Å². The highest BCUT2D eigenvalue weighted by atomic mass is 16.5. The maximum Gasteiger partial charge on any atom is 0.248 e. The van der Waals surface area contributed by atoms with Gasteiger partial charge in [0.05, 0.1) is 29.7 Å². The molecule has 0 unspecified atom stereocenters. The van der Waals surface area contributed by atoms with E-state index in [4.69, 9.17) is 5.26 Å². The zero-order valence-corrected chi connectivity index (χ0v) is 18.8. The SMILES string of the molecule is Cc1cc(C#N)ccc1C1=CCN(C(=O)[C@H]2NC[C@H](N3CC[C@@H](O)C3)C[C@@H]2C(=O)NO)CC1. The standard InChI is InChI=1S/C24H31N5O4/c1-15-10-16(12-25)2-3-20(15)17-4-7-28(8-5-17)24(32)22-21(23(31)27-33)11-18(13-26-22)29-9-6-19(30)14-29/h2-4,10,18-19,21-22,26,30,33H,5-9,11,13-14H2,1H3,(H,27,31)/t18-,19-,21+,22+/m1/s1. The number of nitrogens with zero attached hydrogens (tertiary/aromatic N) is 3. The summed E-state index contributed by atoms with van der Waals surface area (Å²) in [6.45, 7) is 4.84. The van der Waals surface area contributed by atoms with Gasteiger partial charge < -0.3 is 15.3 Å². The summed E-state index contributed by atoms with van der Waals surface area (Å²) in [6.07, 6.45) is 3.52. The quantitative estimate of drug-likeness (QED) is 0.384. The van der Waals surface area contributed by atoms with Crippen LogP contribution < -0.4 is 10.8 Å². The van der Waals surface area contributed by atoms with Crippen molar-refractivity contribution in [3.05, 3.63) is 41.0 Å². The Balaban J connectivity index is 1.44. The Morgan fingerprint density at radius 3 is 2.73 bits per heavy atom. The summed E-state index contributed by atoms with van der Waals surface area (Å²) >= 11 is 0. The minimum atomic E-state index is -0.701. The van der Waals surface area contributed by atoms with Crippen LogP contribution in [0.2, 0.25) is 0 Å². The topological polar surface area (TPSA) is 129 Å². The van der Waals surface area contributed by atoms with E-state index in [1.807, 2.05) is 25.1 Å². The molecule has 4 atom stereocenters. The van der Waals surface area contributed by atoms with E-state index in [2.05, 4.69) is 16.3 Å². The van der Waals surface area contributed by atoms with E-state index in [0.29, 0.717) is 51.0 Å². The van der Waals surface area contributed by atoms with Gasteiger partial charge in [0.25, 0.3) is 0 Å². The molecule has 1 aromatic carbocycles. The second-order valence-electron chi connectivity index (χ2n) is 9.20. The number of benzene rings is 1. The summed E-state index contributed by atoms with van der Waals surface area (Å²) in [5.41, 5.74) is 5.63. The average molecular weight is 454 g/mol. The molecule has 176 valence electrons. The number of piperidine rings is 1. The number of β-amino-alcohol motifs (C(OH)–C–C–N with tert-alkyl or cyclic N) is 1. The van der Waals surface area contributed by atoms with Crippen molar-refractivity contribution in [1.29, 1.82) is 5.26 Å². The van der Waals surface area contributed by atoms with Gasteiger partial charge in [0.1, 0.15) is 0 Å². The number of hydroxylamine groups is 1. The molecule has 0 radical (unpaired) electrons. The van der Waals surface area contributed by atoms with Gasteiger partial charge in [-0.1, -0.05) is 12.1 Å². The van der Waals surface area contributed by atoms with Gasteiger partial charge in [-0.25, -0.2) is 5.48 Å². The fraction of sp³-hybridized carbons (Fsp3) is 0.542. The number of aliphatic hydroxyl groups excluding tert-OH is 1. The maximum atomic E-state index is 13.3. The first kappa shape index (κ1) is 23.4. The molecular formula is C24H31N5O4. The molecular weight excluding hydrogens is 422 g/mol. The van der Waals surface area contributed by atoms with Gasteiger partial charge in [-0.15, -0.1) is 0 Å². The van der Waals surface area contributed by atoms with Crippen molar-refractivity contribution < 1.29 is 19.9 Å². The number of rotatable bonds is 4. The molecule has 0 aromatic heterocycles. The van der Waals surface area contributed by atoms with Crippen LogP contribution in [0.1, 0.15) is 36.0 Å². The Morgan fingerprint density at radius 1 is 1.30 bits per heavy atom. The van der Waals surface area contributed by atoms with E-state index in [9.17, 15) is 19.9 Å². The van der Waals surface area contributed by atoms with Crippen molar-refractivity contribution in [1.82, 2.24) is 20.6 Å². The molecule has 9 nitrogen and oxygen atoms in total. The first-order valence-electron chi connectivity index (χ1n) is 11.5. The van der Waals surface area contributed by atoms with Crippen LogP contribution in [-0.4, -0.2) is 82.8 Å². The Labute approximate surface area is 193 Å². The van der Waals surface area contributed by atoms with Gasteiger partial charge in [0.2, 0.25) is 11.8 Å². The first-order chi connectivity index (χ1) is 15.9. The highest BCUT2D eigenvalue weighted by Crippen LogP contribution is 2.29. The normalized spacial score (nSPS) is 28.2. The van der Waals surface area contributed by atoms with Crippen LogP contribution in [0, 0.1) is 24.2 Å². The molecule has 3 heterocycles. The summed E-state index contributed by atoms with van der Waals surface area (Å²) in [6, 6.07) is 7.11. The lowest BCUT2D eigenvalue weighted by Crippen LogP contribution is -2.62. The van der Waals surface area contributed by atoms with E-state index in [1.54, 1.807) is 16.4 Å². The van der Waals surface area contributed by atoms with Gasteiger partial charge in [0, 0.05) is 38.8 Å². The highest BCUT2D eigenvalue weighted by molar-refractivity contribution is 5.90. The third kappa shape index (κ3) is 4.94. The van der Waals surface area contributed by atoms with Crippen LogP contribution >= 0.6 is 0 Å². The second-order valence-corrected chi connectivity index (χ2v) is 9.20. The van der Waals surface area contributed by atoms with Crippen molar-refractivity contribution in [3.63, 3.8) is 0 Å². The van der Waals surface area contributed by atoms with Crippen molar-refractivity contribution in [2.45, 2.75) is 44.4 Å². The zero-order valence-electron chi connectivity index (χ0n) is 18.8. The van der Waals surface area contributed by atoms with Crippen molar-refractivity contribution in [2.24, 2.45) is 5.92 Å². The maximum absolute atomic E-state index is 13.3. The van der Waals surface area contributed by atoms with E-state index in [0.717, 1.165) is 23.2 Å². The lowest BCUT2D eigenvalue weighted by Gasteiger charge is -2.41. The van der Waals surface area contributed by atoms with Crippen LogP contribution in [0.3, 0.4) is 0 Å². The Bertz CT molecular complexity index is 988. The van der Waals surface area contributed by atoms with Gasteiger partial charge in [-0.05, 0) is 55.0 Å². The predicted molar refractivity (Wildman–Crippen MR) is 121 cm³/mol. The molecule has 4 rings (SSSR count). The molecule has 4 N–H and O–H groups in total. The van der Waals surface area contributed by atoms with Gasteiger partial charge in [-0.2, -0.15) is 5.26 Å². The fourth-order valence-electron chi connectivity index (χ4n) is 5.30. The highest BCUT2D eigenvalue weighted by Gasteiger charge is 2.43. The predicted octanol–water partition coefficient (Wildman–Crippen LogP) is 0.401. The number of carbonyl (C=O) groups excluding carboxylic acids is 2. The molecule has 2 fully saturated rings. The van der Waals surface area contributed by atoms with E-state index >= 15 is 0 Å². The molecule has 0 bridgehead atoms. The van der Waals surface area contributed by atoms with E-state index in [1.165, 1.54) is 0 Å². The summed E-state index contributed by atoms with van der Waals surface area (Å²) < 4.78 is 0. The molecule has 3 aliphatic heterocycles. The van der Waals surface area contributed by atoms with Crippen LogP contribution in [0.4, 0.5) is 0 Å². The second kappa shape index (κ2) is 10.0. The molecule has 9 heteroatoms. The minimum absolute atomic E-state index is 0.0284. The third-order valence-corrected chi connectivity index (χ3v) is 7.15. The number of aliphatic hydroxyl groups is 1. The number of hydrogen-bond acceptors (Lipinski definition) is 7. The smallest absolute Gasteiger partial charge is 0.248 e. The van der Waals surface area contributed by atoms with Crippen molar-refractivity contribution >= 4 is 17.4 Å². The number of amides is 2. The van der Waals surface area contributed by atoms with Crippen LogP contribution in [-0.2, 0) is 9.59 Å². The van der Waals surface area contributed by atoms with Crippen molar-refractivity contribution in [3.8, 4) is 6.07 Å². The first-order valence-corrected chi connectivity index (χ1v) is 11.5. The molecule has 0 spiro atoms. The molecule has 1 aromatic rings. The lowest BCUT2D eigenvalue weighted by molar-refractivity contribution is -0.144. The third-order valence-electron chi connectivity index (χ3n) is 7.15. The monoisotopic (exact) mass is 453 g/mol. The molecule has 2 saturated heterocycles. The summed E-state index contributed by atoms with van der Waals surface area (Å²) in [5.74, 6) is -1.40. The summed E-state index contributed by atoms with van der Waals surface area (Å²) in [4.78, 5) is 29.7. The van der Waals surface area contributed by atoms with Crippen LogP contribution in [0.15, 0.2) is 24.3 Å². The van der Waals surface area contributed by atoms with Crippen LogP contribution in [0.5, 0.6) is 0 Å². The zero-order chi connectivity index (χ0) is 23.5. The van der Waals surface area contributed by atoms with Crippen LogP contribution in [0.25, 0.3) is 5.57 Å². The molecule has 0 aliphatic carbocycles. The Morgan fingerprint density at radius 2 is 2.12 bits per heavy atom. The molecule has 0 saturated carbocycles. The number of aryl methyl sites for hydroxylation is 1. The number of nitriles is 1. The Hall–Kier alpha value is -2.77. The fourth-order valence-corrected chi connectivity index (χ4v) is 5.30. The number of likely N-dealkylation sites (tertiary alicyclic amines) is 1. The van der Waals surface area contributed by atoms with E-state index in [-0.39, 0.29) is 18.1 Å². The number of nitrogens with one attached hydrogen (secondary N) is 2. The average Bonchev–Trinajstić information content (AvgIpc) is 3.29. The largest absolute Gasteiger partial charge is 0.392 e. The Kier molecular flexibility index (Phi) is 7.10. The summed E-state index contributed by atoms with van der Waals surface area (Å²) in [7, 11) is 0. The summed E-state index contributed by atoms with van der Waals surface area (Å²) in [5, 5.41) is 31.5. The van der Waals surface area contributed by atoms with Crippen molar-refractivity contribution in [2.75, 3.05) is 32.7 Å². The lowest BCUT2D eigenvalue weighted by atomic mass is 9.85. The molecule has 3 aliphatic rings. The molecule has 2 amide bonds. The minimum Gasteiger partial charge on any atom is -0.392 e. The van der Waals surface area contributed by atoms with Gasteiger partial charge >= 0.3 is 0 Å². The van der Waals surface area contributed by atoms with Gasteiger partial charge in [-0.3, -0.25) is 19.7 Å². The number of carbonyl (C=O) groups is 2. The number of hydrogen-bond donors (Lipinski definition) is 4.